The molecule has 0 aliphatic heterocycles. The molecule has 0 spiro atoms. The van der Waals surface area contributed by atoms with Gasteiger partial charge in [0.2, 0.25) is 20.0 Å². The van der Waals surface area contributed by atoms with Gasteiger partial charge in [-0.05, 0) is 18.2 Å². The zero-order chi connectivity index (χ0) is 14.0. The van der Waals surface area contributed by atoms with Crippen LogP contribution in [0.5, 0.6) is 0 Å². The first-order valence-electron chi connectivity index (χ1n) is 4.59. The third kappa shape index (κ3) is 4.07. The molecular formula is C9H11ClN2O4S2. The minimum absolute atomic E-state index is 0.112. The number of sulfonamides is 2. The molecule has 3 N–H and O–H groups in total. The quantitative estimate of drug-likeness (QED) is 0.819. The van der Waals surface area contributed by atoms with Gasteiger partial charge in [0, 0.05) is 11.6 Å². The summed E-state index contributed by atoms with van der Waals surface area (Å²) in [5.41, 5.74) is 0. The van der Waals surface area contributed by atoms with Crippen molar-refractivity contribution in [2.24, 2.45) is 5.14 Å². The zero-order valence-electron chi connectivity index (χ0n) is 9.13. The van der Waals surface area contributed by atoms with Gasteiger partial charge in [0.1, 0.15) is 0 Å². The molecule has 0 atom stereocenters. The molecule has 0 aliphatic carbocycles. The molecule has 0 aliphatic rings. The van der Waals surface area contributed by atoms with Crippen molar-refractivity contribution < 1.29 is 16.8 Å². The summed E-state index contributed by atoms with van der Waals surface area (Å²) in [7, 11) is -7.81. The Morgan fingerprint density at radius 3 is 2.33 bits per heavy atom. The zero-order valence-corrected chi connectivity index (χ0v) is 11.5. The third-order valence-electron chi connectivity index (χ3n) is 1.90. The normalized spacial score (nSPS) is 12.3. The predicted molar refractivity (Wildman–Crippen MR) is 68.0 cm³/mol. The van der Waals surface area contributed by atoms with Crippen LogP contribution in [0.2, 0.25) is 0 Å². The molecule has 0 radical (unpaired) electrons. The number of nitrogens with two attached hydrogens (primary N) is 1. The monoisotopic (exact) mass is 310 g/mol. The molecule has 100 valence electrons. The minimum atomic E-state index is -3.95. The van der Waals surface area contributed by atoms with E-state index < -0.39 is 20.0 Å². The number of halogens is 1. The summed E-state index contributed by atoms with van der Waals surface area (Å²) in [5, 5.41) is 5.03. The summed E-state index contributed by atoms with van der Waals surface area (Å²) in [4.78, 5) is -0.498. The molecule has 0 saturated heterocycles. The molecule has 6 nitrogen and oxygen atoms in total. The Bertz CT molecular complexity index is 668. The SMILES string of the molecule is C=C(Cl)CNS(=O)(=O)c1cccc(S(N)(=O)=O)c1. The summed E-state index contributed by atoms with van der Waals surface area (Å²) >= 11 is 5.44. The van der Waals surface area contributed by atoms with Gasteiger partial charge in [0.25, 0.3) is 0 Å². The highest BCUT2D eigenvalue weighted by Crippen LogP contribution is 2.14. The molecule has 0 unspecified atom stereocenters. The summed E-state index contributed by atoms with van der Waals surface area (Å²) < 4.78 is 47.9. The van der Waals surface area contributed by atoms with Crippen molar-refractivity contribution in [3.8, 4) is 0 Å². The van der Waals surface area contributed by atoms with Crippen LogP contribution in [0.1, 0.15) is 0 Å². The lowest BCUT2D eigenvalue weighted by molar-refractivity contribution is 0.585. The Morgan fingerprint density at radius 1 is 1.28 bits per heavy atom. The summed E-state index contributed by atoms with van der Waals surface area (Å²) in [6.45, 7) is 3.18. The second-order valence-electron chi connectivity index (χ2n) is 3.36. The Hall–Kier alpha value is -0.930. The van der Waals surface area contributed by atoms with Gasteiger partial charge in [-0.3, -0.25) is 0 Å². The van der Waals surface area contributed by atoms with Gasteiger partial charge in [0.05, 0.1) is 9.79 Å². The number of hydrogen-bond acceptors (Lipinski definition) is 4. The van der Waals surface area contributed by atoms with Crippen LogP contribution in [0.3, 0.4) is 0 Å². The predicted octanol–water partition coefficient (Wildman–Crippen LogP) is 0.365. The van der Waals surface area contributed by atoms with Crippen LogP contribution >= 0.6 is 11.6 Å². The van der Waals surface area contributed by atoms with E-state index in [1.54, 1.807) is 0 Å². The lowest BCUT2D eigenvalue weighted by Gasteiger charge is -2.06. The molecule has 1 aromatic rings. The maximum atomic E-state index is 11.8. The van der Waals surface area contributed by atoms with Gasteiger partial charge >= 0.3 is 0 Å². The van der Waals surface area contributed by atoms with E-state index in [0.29, 0.717) is 0 Å². The average molecular weight is 311 g/mol. The average Bonchev–Trinajstić information content (AvgIpc) is 2.26. The molecule has 0 saturated carbocycles. The Morgan fingerprint density at radius 2 is 1.83 bits per heavy atom. The third-order valence-corrected chi connectivity index (χ3v) is 4.34. The summed E-state index contributed by atoms with van der Waals surface area (Å²) in [6, 6.07) is 4.70. The fraction of sp³-hybridized carbons (Fsp3) is 0.111. The fourth-order valence-corrected chi connectivity index (χ4v) is 2.93. The van der Waals surface area contributed by atoms with Crippen LogP contribution in [-0.4, -0.2) is 23.4 Å². The molecule has 0 fully saturated rings. The Kier molecular flexibility index (Phi) is 4.51. The van der Waals surface area contributed by atoms with Crippen molar-refractivity contribution in [1.82, 2.24) is 4.72 Å². The molecule has 18 heavy (non-hydrogen) atoms. The van der Waals surface area contributed by atoms with Crippen molar-refractivity contribution in [3.05, 3.63) is 35.9 Å². The molecular weight excluding hydrogens is 300 g/mol. The van der Waals surface area contributed by atoms with E-state index in [9.17, 15) is 16.8 Å². The van der Waals surface area contributed by atoms with Crippen LogP contribution in [0.4, 0.5) is 0 Å². The number of hydrogen-bond donors (Lipinski definition) is 2. The molecule has 1 aromatic carbocycles. The lowest BCUT2D eigenvalue weighted by Crippen LogP contribution is -2.25. The molecule has 0 heterocycles. The standard InChI is InChI=1S/C9H11ClN2O4S2/c1-7(10)6-12-18(15,16)9-4-2-3-8(5-9)17(11,13)14/h2-5,12H,1,6H2,(H2,11,13,14). The first-order chi connectivity index (χ1) is 8.13. The summed E-state index contributed by atoms with van der Waals surface area (Å²) in [5.74, 6) is 0. The molecule has 9 heteroatoms. The van der Waals surface area contributed by atoms with Gasteiger partial charge in [-0.25, -0.2) is 26.7 Å². The summed E-state index contributed by atoms with van der Waals surface area (Å²) in [6.07, 6.45) is 0. The van der Waals surface area contributed by atoms with Gasteiger partial charge in [0.15, 0.2) is 0 Å². The van der Waals surface area contributed by atoms with Gasteiger partial charge < -0.3 is 0 Å². The van der Waals surface area contributed by atoms with Crippen LogP contribution < -0.4 is 9.86 Å². The first kappa shape index (κ1) is 15.1. The second kappa shape index (κ2) is 5.37. The highest BCUT2D eigenvalue weighted by atomic mass is 35.5. The van der Waals surface area contributed by atoms with E-state index in [1.807, 2.05) is 0 Å². The fourth-order valence-electron chi connectivity index (χ4n) is 1.08. The van der Waals surface area contributed by atoms with E-state index in [0.717, 1.165) is 6.07 Å². The van der Waals surface area contributed by atoms with Crippen LogP contribution in [0, 0.1) is 0 Å². The number of primary sulfonamides is 1. The van der Waals surface area contributed by atoms with E-state index in [-0.39, 0.29) is 21.4 Å². The molecule has 0 aromatic heterocycles. The molecule has 0 bridgehead atoms. The smallest absolute Gasteiger partial charge is 0.225 e. The highest BCUT2D eigenvalue weighted by Gasteiger charge is 2.17. The van der Waals surface area contributed by atoms with Crippen LogP contribution in [0.25, 0.3) is 0 Å². The van der Waals surface area contributed by atoms with E-state index in [4.69, 9.17) is 16.7 Å². The highest BCUT2D eigenvalue weighted by molar-refractivity contribution is 7.90. The molecule has 1 rings (SSSR count). The van der Waals surface area contributed by atoms with Gasteiger partial charge in [-0.2, -0.15) is 0 Å². The van der Waals surface area contributed by atoms with Crippen molar-refractivity contribution in [1.29, 1.82) is 0 Å². The largest absolute Gasteiger partial charge is 0.240 e. The number of rotatable bonds is 5. The Labute approximate surface area is 111 Å². The van der Waals surface area contributed by atoms with E-state index in [1.165, 1.54) is 18.2 Å². The minimum Gasteiger partial charge on any atom is -0.225 e. The number of nitrogens with one attached hydrogen (secondary N) is 1. The van der Waals surface area contributed by atoms with E-state index >= 15 is 0 Å². The second-order valence-corrected chi connectivity index (χ2v) is 7.22. The maximum absolute atomic E-state index is 11.8. The van der Waals surface area contributed by atoms with E-state index in [2.05, 4.69) is 11.3 Å². The molecule has 0 amide bonds. The van der Waals surface area contributed by atoms with Gasteiger partial charge in [-0.15, -0.1) is 0 Å². The maximum Gasteiger partial charge on any atom is 0.240 e. The van der Waals surface area contributed by atoms with Crippen molar-refractivity contribution in [2.45, 2.75) is 9.79 Å². The van der Waals surface area contributed by atoms with Crippen molar-refractivity contribution in [3.63, 3.8) is 0 Å². The van der Waals surface area contributed by atoms with Crippen molar-refractivity contribution in [2.75, 3.05) is 6.54 Å². The van der Waals surface area contributed by atoms with Crippen LogP contribution in [-0.2, 0) is 20.0 Å². The Balaban J connectivity index is 3.15. The van der Waals surface area contributed by atoms with Crippen molar-refractivity contribution >= 4 is 31.6 Å². The first-order valence-corrected chi connectivity index (χ1v) is 7.99. The number of benzene rings is 1. The topological polar surface area (TPSA) is 106 Å². The lowest BCUT2D eigenvalue weighted by atomic mass is 10.4. The van der Waals surface area contributed by atoms with Gasteiger partial charge in [-0.1, -0.05) is 24.2 Å². The van der Waals surface area contributed by atoms with Crippen LogP contribution in [0.15, 0.2) is 45.7 Å².